The summed E-state index contributed by atoms with van der Waals surface area (Å²) in [6.07, 6.45) is 3.24. The Morgan fingerprint density at radius 3 is 2.32 bits per heavy atom. The average Bonchev–Trinajstić information content (AvgIpc) is 2.48. The van der Waals surface area contributed by atoms with E-state index in [1.54, 1.807) is 18.2 Å². The summed E-state index contributed by atoms with van der Waals surface area (Å²) in [7, 11) is -3.68. The van der Waals surface area contributed by atoms with Crippen LogP contribution < -0.4 is 10.6 Å². The van der Waals surface area contributed by atoms with E-state index >= 15 is 0 Å². The normalized spacial score (nSPS) is 12.5. The Balaban J connectivity index is 1.99. The number of rotatable bonds is 5. The van der Waals surface area contributed by atoms with Crippen molar-refractivity contribution >= 4 is 39.6 Å². The minimum Gasteiger partial charge on any atom is -0.278 e. The average molecular weight is 336 g/mol. The van der Waals surface area contributed by atoms with Crippen LogP contribution >= 0.6 is 11.6 Å². The fourth-order valence-corrected chi connectivity index (χ4v) is 2.32. The molecule has 0 aliphatic rings. The lowest BCUT2D eigenvalue weighted by molar-refractivity contribution is 0.598. The van der Waals surface area contributed by atoms with Crippen molar-refractivity contribution in [3.05, 3.63) is 65.2 Å². The van der Waals surface area contributed by atoms with Crippen molar-refractivity contribution in [2.75, 3.05) is 5.43 Å². The first-order valence-electron chi connectivity index (χ1n) is 6.29. The van der Waals surface area contributed by atoms with Crippen molar-refractivity contribution < 1.29 is 8.42 Å². The smallest absolute Gasteiger partial charge is 0.238 e. The minimum absolute atomic E-state index is 0.0454. The molecule has 0 spiro atoms. The number of primary sulfonamides is 1. The van der Waals surface area contributed by atoms with Gasteiger partial charge in [0.2, 0.25) is 10.0 Å². The maximum absolute atomic E-state index is 11.1. The Labute approximate surface area is 134 Å². The fourth-order valence-electron chi connectivity index (χ4n) is 1.63. The third-order valence-corrected chi connectivity index (χ3v) is 3.80. The second-order valence-electron chi connectivity index (χ2n) is 4.38. The van der Waals surface area contributed by atoms with E-state index in [-0.39, 0.29) is 4.90 Å². The summed E-state index contributed by atoms with van der Waals surface area (Å²) in [5.74, 6) is 0. The molecule has 22 heavy (non-hydrogen) atoms. The zero-order chi connectivity index (χ0) is 16.0. The molecule has 0 saturated carbocycles. The number of nitrogens with one attached hydrogen (secondary N) is 1. The summed E-state index contributed by atoms with van der Waals surface area (Å²) >= 11 is 6.04. The highest BCUT2D eigenvalue weighted by atomic mass is 35.5. The van der Waals surface area contributed by atoms with Crippen molar-refractivity contribution in [3.63, 3.8) is 0 Å². The first kappa shape index (κ1) is 16.2. The Bertz CT molecular complexity index is 785. The Hall–Kier alpha value is -2.15. The largest absolute Gasteiger partial charge is 0.278 e. The van der Waals surface area contributed by atoms with E-state index in [9.17, 15) is 8.42 Å². The molecular formula is C15H14ClN3O2S. The van der Waals surface area contributed by atoms with Gasteiger partial charge in [-0.05, 0) is 35.9 Å². The molecule has 0 aliphatic carbocycles. The van der Waals surface area contributed by atoms with Crippen LogP contribution in [0, 0.1) is 0 Å². The predicted molar refractivity (Wildman–Crippen MR) is 90.2 cm³/mol. The number of hydrogen-bond donors (Lipinski definition) is 2. The maximum Gasteiger partial charge on any atom is 0.238 e. The van der Waals surface area contributed by atoms with Gasteiger partial charge in [0, 0.05) is 0 Å². The van der Waals surface area contributed by atoms with Crippen molar-refractivity contribution in [3.8, 4) is 0 Å². The van der Waals surface area contributed by atoms with E-state index in [0.717, 1.165) is 5.56 Å². The molecule has 114 valence electrons. The molecule has 0 aliphatic heterocycles. The minimum atomic E-state index is -3.68. The van der Waals surface area contributed by atoms with Crippen molar-refractivity contribution in [2.24, 2.45) is 10.2 Å². The summed E-state index contributed by atoms with van der Waals surface area (Å²) in [6, 6.07) is 15.5. The topological polar surface area (TPSA) is 84.5 Å². The number of allylic oxidation sites excluding steroid dienone is 1. The van der Waals surface area contributed by atoms with Gasteiger partial charge in [0.05, 0.1) is 21.8 Å². The molecule has 0 atom stereocenters. The van der Waals surface area contributed by atoms with Gasteiger partial charge in [-0.25, -0.2) is 13.6 Å². The van der Waals surface area contributed by atoms with Gasteiger partial charge >= 0.3 is 0 Å². The SMILES string of the molecule is NS(=O)(=O)c1ccc(N/N=C\C(Cl)=C\c2ccccc2)cc1. The first-order chi connectivity index (χ1) is 10.4. The number of halogens is 1. The maximum atomic E-state index is 11.1. The van der Waals surface area contributed by atoms with Crippen molar-refractivity contribution in [1.82, 2.24) is 0 Å². The highest BCUT2D eigenvalue weighted by Crippen LogP contribution is 2.13. The molecule has 2 aromatic rings. The highest BCUT2D eigenvalue weighted by molar-refractivity contribution is 7.89. The standard InChI is InChI=1S/C15H14ClN3O2S/c16-13(10-12-4-2-1-3-5-12)11-18-19-14-6-8-15(9-7-14)22(17,20)21/h1-11,19H,(H2,17,20,21)/b13-10-,18-11-. The van der Waals surface area contributed by atoms with E-state index in [1.165, 1.54) is 18.3 Å². The van der Waals surface area contributed by atoms with Crippen LogP contribution in [0.2, 0.25) is 0 Å². The second-order valence-corrected chi connectivity index (χ2v) is 6.38. The quantitative estimate of drug-likeness (QED) is 0.650. The van der Waals surface area contributed by atoms with E-state index in [2.05, 4.69) is 10.5 Å². The number of nitrogens with zero attached hydrogens (tertiary/aromatic N) is 1. The molecule has 2 rings (SSSR count). The van der Waals surface area contributed by atoms with E-state index in [0.29, 0.717) is 10.7 Å². The lowest BCUT2D eigenvalue weighted by Crippen LogP contribution is -2.11. The number of benzene rings is 2. The molecule has 0 bridgehead atoms. The third-order valence-electron chi connectivity index (χ3n) is 2.67. The van der Waals surface area contributed by atoms with Crippen LogP contribution in [0.15, 0.2) is 69.6 Å². The number of sulfonamides is 1. The van der Waals surface area contributed by atoms with Crippen molar-refractivity contribution in [2.45, 2.75) is 4.90 Å². The molecule has 0 heterocycles. The molecule has 0 unspecified atom stereocenters. The van der Waals surface area contributed by atoms with Gasteiger partial charge in [0.25, 0.3) is 0 Å². The second kappa shape index (κ2) is 7.22. The van der Waals surface area contributed by atoms with Gasteiger partial charge in [0.15, 0.2) is 0 Å². The van der Waals surface area contributed by atoms with Crippen LogP contribution in [-0.2, 0) is 10.0 Å². The van der Waals surface area contributed by atoms with E-state index in [4.69, 9.17) is 16.7 Å². The van der Waals surface area contributed by atoms with Crippen LogP contribution in [0.3, 0.4) is 0 Å². The Morgan fingerprint density at radius 1 is 1.09 bits per heavy atom. The molecule has 2 aromatic carbocycles. The van der Waals surface area contributed by atoms with Crippen LogP contribution in [0.1, 0.15) is 5.56 Å². The third kappa shape index (κ3) is 5.00. The lowest BCUT2D eigenvalue weighted by Gasteiger charge is -2.01. The summed E-state index contributed by atoms with van der Waals surface area (Å²) in [4.78, 5) is 0.0454. The van der Waals surface area contributed by atoms with E-state index < -0.39 is 10.0 Å². The summed E-state index contributed by atoms with van der Waals surface area (Å²) < 4.78 is 22.2. The van der Waals surface area contributed by atoms with Crippen LogP contribution in [0.5, 0.6) is 0 Å². The molecule has 7 heteroatoms. The van der Waals surface area contributed by atoms with Crippen LogP contribution in [0.25, 0.3) is 6.08 Å². The fraction of sp³-hybridized carbons (Fsp3) is 0. The molecule has 5 nitrogen and oxygen atoms in total. The number of nitrogens with two attached hydrogens (primary N) is 1. The van der Waals surface area contributed by atoms with Gasteiger partial charge in [-0.1, -0.05) is 41.9 Å². The molecular weight excluding hydrogens is 322 g/mol. The molecule has 0 fully saturated rings. The summed E-state index contributed by atoms with van der Waals surface area (Å²) in [5, 5.41) is 9.45. The zero-order valence-electron chi connectivity index (χ0n) is 11.5. The molecule has 0 amide bonds. The predicted octanol–water partition coefficient (Wildman–Crippen LogP) is 3.01. The number of hydrogen-bond acceptors (Lipinski definition) is 4. The monoisotopic (exact) mass is 335 g/mol. The molecule has 0 aromatic heterocycles. The van der Waals surface area contributed by atoms with Gasteiger partial charge in [-0.3, -0.25) is 5.43 Å². The van der Waals surface area contributed by atoms with Gasteiger partial charge in [-0.2, -0.15) is 5.10 Å². The highest BCUT2D eigenvalue weighted by Gasteiger charge is 2.05. The molecule has 0 radical (unpaired) electrons. The zero-order valence-corrected chi connectivity index (χ0v) is 13.1. The van der Waals surface area contributed by atoms with Gasteiger partial charge < -0.3 is 0 Å². The van der Waals surface area contributed by atoms with Crippen LogP contribution in [0.4, 0.5) is 5.69 Å². The lowest BCUT2D eigenvalue weighted by atomic mass is 10.2. The van der Waals surface area contributed by atoms with Crippen molar-refractivity contribution in [1.29, 1.82) is 0 Å². The first-order valence-corrected chi connectivity index (χ1v) is 8.22. The Kier molecular flexibility index (Phi) is 5.32. The van der Waals surface area contributed by atoms with E-state index in [1.807, 2.05) is 30.3 Å². The molecule has 3 N–H and O–H groups in total. The van der Waals surface area contributed by atoms with Gasteiger partial charge in [0.1, 0.15) is 0 Å². The summed E-state index contributed by atoms with van der Waals surface area (Å²) in [6.45, 7) is 0. The van der Waals surface area contributed by atoms with Crippen LogP contribution in [-0.4, -0.2) is 14.6 Å². The number of hydrazone groups is 1. The summed E-state index contributed by atoms with van der Waals surface area (Å²) in [5.41, 5.74) is 4.34. The molecule has 0 saturated heterocycles. The van der Waals surface area contributed by atoms with Gasteiger partial charge in [-0.15, -0.1) is 0 Å². The number of anilines is 1. The Morgan fingerprint density at radius 2 is 1.73 bits per heavy atom.